The van der Waals surface area contributed by atoms with Crippen molar-refractivity contribution in [1.29, 1.82) is 21.0 Å². The number of carbonyl (C=O) groups excluding carboxylic acids is 4. The first-order valence-electron chi connectivity index (χ1n) is 43.6. The Morgan fingerprint density at radius 2 is 0.566 bits per heavy atom. The average Bonchev–Trinajstić information content (AvgIpc) is 1.78. The van der Waals surface area contributed by atoms with E-state index < -0.39 is 49.8 Å². The highest BCUT2D eigenvalue weighted by Gasteiger charge is 2.30. The summed E-state index contributed by atoms with van der Waals surface area (Å²) in [6, 6.07) is 47.5. The molecule has 0 saturated carbocycles. The molecule has 0 aliphatic carbocycles. The molecule has 694 valence electrons. The Morgan fingerprint density at radius 1 is 0.333 bits per heavy atom. The van der Waals surface area contributed by atoms with E-state index in [4.69, 9.17) is 56.8 Å². The van der Waals surface area contributed by atoms with Gasteiger partial charge in [-0.2, -0.15) is 41.4 Å². The molecule has 8 rings (SSSR count). The summed E-state index contributed by atoms with van der Waals surface area (Å²) in [5.74, 6) is 1.32. The summed E-state index contributed by atoms with van der Waals surface area (Å²) in [5.41, 5.74) is 14.2. The van der Waals surface area contributed by atoms with Gasteiger partial charge in [-0.05, 0) is 150 Å². The van der Waals surface area contributed by atoms with Gasteiger partial charge in [0.25, 0.3) is 0 Å². The lowest BCUT2D eigenvalue weighted by molar-refractivity contribution is -0.0757. The molecule has 5 unspecified atom stereocenters. The van der Waals surface area contributed by atoms with E-state index in [2.05, 4.69) is 135 Å². The van der Waals surface area contributed by atoms with Crippen LogP contribution in [0.2, 0.25) is 0 Å². The molecule has 4 aromatic carbocycles. The van der Waals surface area contributed by atoms with Crippen LogP contribution in [0.15, 0.2) is 121 Å². The van der Waals surface area contributed by atoms with E-state index in [0.717, 1.165) is 77.1 Å². The average molecular weight is 1770 g/mol. The van der Waals surface area contributed by atoms with Crippen LogP contribution in [0.1, 0.15) is 281 Å². The number of aryl methyl sites for hydroxylation is 8. The molecule has 4 heterocycles. The zero-order valence-electron chi connectivity index (χ0n) is 81.3. The van der Waals surface area contributed by atoms with Crippen molar-refractivity contribution in [3.63, 3.8) is 0 Å². The standard InChI is InChI=1S/C26H35N3O4.3C25H33N3O4/c1-8-9-10-15-31-25(30)33-19(3)32-24(23-16-18(2)28-29(23)7)22(17-27)20-11-13-21(14-12-20)26(4,5)6;1-16(2)15-30-24(29)32-18(4)31-23(22-13-17(3)27-28(22)8)21(14-26)19-9-11-20(12-10-19)25(5,6)7;1-9-17(3)30-24(29)32-18(4)31-23(22-14-16(2)27-28(22)8)21(15-26)19-10-12-20(13-11-19)25(5,6)7;1-8-9-14-30-24(29)32-18(3)31-23(22-15-17(2)27-28(22)7)21(16-26)19-10-12-20(13-11-19)25(4,5)6/h11-14,16,19H,8-10,15H2,1-7H3;9-13,16,18H,15H2,1-8H3;10-14,17-18H,9H2,1-8H3;10-13,15,18H,8-9,14H2,1-7H3/b24-22-;3*23-21-. The molecule has 0 fully saturated rings. The highest BCUT2D eigenvalue weighted by molar-refractivity contribution is 5.97. The number of aromatic nitrogens is 8. The summed E-state index contributed by atoms with van der Waals surface area (Å²) in [7, 11) is 7.09. The number of rotatable bonds is 31. The Balaban J connectivity index is 0.000000305. The molecular weight excluding hydrogens is 1640 g/mol. The first kappa shape index (κ1) is 106. The Bertz CT molecular complexity index is 5330. The van der Waals surface area contributed by atoms with Gasteiger partial charge in [0.15, 0.2) is 23.0 Å². The zero-order valence-corrected chi connectivity index (χ0v) is 81.3. The predicted octanol–water partition coefficient (Wildman–Crippen LogP) is 23.2. The molecule has 5 atom stereocenters. The largest absolute Gasteiger partial charge is 0.511 e. The smallest absolute Gasteiger partial charge is 0.451 e. The van der Waals surface area contributed by atoms with Crippen LogP contribution in [0.25, 0.3) is 45.3 Å². The third kappa shape index (κ3) is 33.6. The van der Waals surface area contributed by atoms with Gasteiger partial charge < -0.3 is 56.8 Å². The molecule has 0 saturated heterocycles. The van der Waals surface area contributed by atoms with E-state index in [-0.39, 0.29) is 69.9 Å². The summed E-state index contributed by atoms with van der Waals surface area (Å²) >= 11 is 0. The second-order valence-corrected chi connectivity index (χ2v) is 35.8. The Kier molecular flexibility index (Phi) is 40.7. The number of benzene rings is 4. The Labute approximate surface area is 763 Å². The fraction of sp³-hybridized carbons (Fsp3) is 0.485. The van der Waals surface area contributed by atoms with Gasteiger partial charge in [-0.3, -0.25) is 18.7 Å². The van der Waals surface area contributed by atoms with Gasteiger partial charge in [-0.1, -0.05) is 234 Å². The van der Waals surface area contributed by atoms with E-state index >= 15 is 0 Å². The highest BCUT2D eigenvalue weighted by Crippen LogP contribution is 2.37. The van der Waals surface area contributed by atoms with Crippen molar-refractivity contribution in [2.75, 3.05) is 19.8 Å². The number of nitrogens with zero attached hydrogens (tertiary/aromatic N) is 12. The molecule has 0 spiro atoms. The van der Waals surface area contributed by atoms with E-state index in [1.54, 1.807) is 81.5 Å². The lowest BCUT2D eigenvalue weighted by atomic mass is 9.86. The minimum absolute atomic E-state index is 0.00593. The van der Waals surface area contributed by atoms with E-state index in [1.165, 1.54) is 0 Å². The number of hydrogen-bond acceptors (Lipinski definition) is 24. The Hall–Kier alpha value is -13.1. The SMILES string of the molecule is CCC(C)OC(=O)OC(C)O/C(=C(/C#N)c1ccc(C(C)(C)C)cc1)c1cc(C)nn1C.CCCCCOC(=O)OC(C)O/C(=C(/C#N)c1ccc(C(C)(C)C)cc1)c1cc(C)nn1C.CCCCOC(=O)OC(C)O/C(=C(/C#N)c1ccc(C(C)(C)C)cc1)c1cc(C)nn1C.Cc1cc(/C(OC(C)OC(=O)OCC(C)C)=C(\C#N)c2ccc(C(C)(C)C)cc2)n(C)n1. The number of nitriles is 4. The summed E-state index contributed by atoms with van der Waals surface area (Å²) in [6.45, 7) is 51.8. The van der Waals surface area contributed by atoms with Crippen molar-refractivity contribution in [1.82, 2.24) is 39.1 Å². The van der Waals surface area contributed by atoms with E-state index in [9.17, 15) is 40.2 Å². The summed E-state index contributed by atoms with van der Waals surface area (Å²) in [5, 5.41) is 57.6. The van der Waals surface area contributed by atoms with Gasteiger partial charge in [0.1, 0.15) is 75.4 Å². The van der Waals surface area contributed by atoms with Crippen molar-refractivity contribution in [3.8, 4) is 24.3 Å². The second kappa shape index (κ2) is 49.3. The van der Waals surface area contributed by atoms with Crippen molar-refractivity contribution in [2.24, 2.45) is 34.1 Å². The quantitative estimate of drug-likeness (QED) is 0.00972. The fourth-order valence-electron chi connectivity index (χ4n) is 12.5. The summed E-state index contributed by atoms with van der Waals surface area (Å²) in [6.07, 6.45) is -2.26. The molecule has 0 aliphatic heterocycles. The zero-order chi connectivity index (χ0) is 96.6. The van der Waals surface area contributed by atoms with Gasteiger partial charge in [0.2, 0.25) is 25.2 Å². The van der Waals surface area contributed by atoms with Gasteiger partial charge in [0, 0.05) is 55.9 Å². The van der Waals surface area contributed by atoms with E-state index in [0.29, 0.717) is 80.3 Å². The van der Waals surface area contributed by atoms with Gasteiger partial charge >= 0.3 is 24.6 Å². The van der Waals surface area contributed by atoms with Crippen LogP contribution < -0.4 is 0 Å². The van der Waals surface area contributed by atoms with Gasteiger partial charge in [0.05, 0.1) is 42.6 Å². The molecule has 8 aromatic rings. The molecule has 129 heavy (non-hydrogen) atoms. The minimum Gasteiger partial charge on any atom is -0.451 e. The molecule has 28 heteroatoms. The monoisotopic (exact) mass is 1770 g/mol. The van der Waals surface area contributed by atoms with Crippen LogP contribution in [0, 0.1) is 78.9 Å². The lowest BCUT2D eigenvalue weighted by Crippen LogP contribution is -2.22. The molecule has 0 bridgehead atoms. The van der Waals surface area contributed by atoms with Crippen molar-refractivity contribution in [3.05, 3.63) is 211 Å². The molecule has 4 aromatic heterocycles. The van der Waals surface area contributed by atoms with Gasteiger partial charge in [-0.15, -0.1) is 0 Å². The third-order valence-corrected chi connectivity index (χ3v) is 19.7. The Morgan fingerprint density at radius 3 is 0.767 bits per heavy atom. The lowest BCUT2D eigenvalue weighted by Gasteiger charge is -2.21. The number of allylic oxidation sites excluding steroid dienone is 4. The van der Waals surface area contributed by atoms with Crippen LogP contribution in [0.3, 0.4) is 0 Å². The molecule has 28 nitrogen and oxygen atoms in total. The van der Waals surface area contributed by atoms with Crippen LogP contribution >= 0.6 is 0 Å². The fourth-order valence-corrected chi connectivity index (χ4v) is 12.5. The third-order valence-electron chi connectivity index (χ3n) is 19.7. The van der Waals surface area contributed by atoms with Crippen molar-refractivity contribution < 1.29 is 76.0 Å². The maximum atomic E-state index is 12.0. The first-order chi connectivity index (χ1) is 60.5. The van der Waals surface area contributed by atoms with Crippen molar-refractivity contribution in [2.45, 2.75) is 271 Å². The van der Waals surface area contributed by atoms with Crippen LogP contribution in [0.5, 0.6) is 0 Å². The number of carbonyl (C=O) groups is 4. The van der Waals surface area contributed by atoms with E-state index in [1.807, 2.05) is 177 Å². The molecule has 0 amide bonds. The maximum Gasteiger partial charge on any atom is 0.511 e. The molecule has 0 radical (unpaired) electrons. The number of ether oxygens (including phenoxy) is 12. The van der Waals surface area contributed by atoms with Crippen LogP contribution in [-0.2, 0) is 107 Å². The normalized spacial score (nSPS) is 13.4. The van der Waals surface area contributed by atoms with Crippen LogP contribution in [0.4, 0.5) is 19.2 Å². The molecular formula is C101H134N12O16. The van der Waals surface area contributed by atoms with Crippen molar-refractivity contribution >= 4 is 70.0 Å². The second-order valence-electron chi connectivity index (χ2n) is 35.8. The maximum absolute atomic E-state index is 12.0. The van der Waals surface area contributed by atoms with Crippen LogP contribution in [-0.4, -0.2) is 115 Å². The summed E-state index contributed by atoms with van der Waals surface area (Å²) < 4.78 is 71.9. The topological polar surface area (TPSA) is 345 Å². The highest BCUT2D eigenvalue weighted by atomic mass is 16.8. The summed E-state index contributed by atoms with van der Waals surface area (Å²) in [4.78, 5) is 48.0. The van der Waals surface area contributed by atoms with Gasteiger partial charge in [-0.25, -0.2) is 19.2 Å². The number of hydrogen-bond donors (Lipinski definition) is 0. The first-order valence-corrected chi connectivity index (χ1v) is 43.6. The minimum atomic E-state index is -0.978. The number of unbranched alkanes of at least 4 members (excludes halogenated alkanes) is 3. The predicted molar refractivity (Wildman–Crippen MR) is 498 cm³/mol. The molecule has 0 N–H and O–H groups in total. The molecule has 0 aliphatic rings.